The maximum atomic E-state index is 5.62. The van der Waals surface area contributed by atoms with Gasteiger partial charge in [-0.2, -0.15) is 0 Å². The normalized spacial score (nSPS) is 39.3. The highest BCUT2D eigenvalue weighted by molar-refractivity contribution is 4.96. The summed E-state index contributed by atoms with van der Waals surface area (Å²) in [4.78, 5) is 0. The van der Waals surface area contributed by atoms with E-state index >= 15 is 0 Å². The Kier molecular flexibility index (Phi) is 2.32. The van der Waals surface area contributed by atoms with Crippen molar-refractivity contribution in [2.75, 3.05) is 13.2 Å². The minimum Gasteiger partial charge on any atom is -0.374 e. The molecule has 0 spiro atoms. The first-order valence-corrected chi connectivity index (χ1v) is 4.09. The number of ether oxygens (including phenoxy) is 1. The van der Waals surface area contributed by atoms with Gasteiger partial charge >= 0.3 is 0 Å². The van der Waals surface area contributed by atoms with E-state index in [-0.39, 0.29) is 5.60 Å². The summed E-state index contributed by atoms with van der Waals surface area (Å²) in [5.74, 6) is 0.664. The molecule has 0 heterocycles. The topological polar surface area (TPSA) is 35.2 Å². The highest BCUT2D eigenvalue weighted by Gasteiger charge is 2.43. The quantitative estimate of drug-likeness (QED) is 0.643. The first kappa shape index (κ1) is 8.02. The summed E-state index contributed by atoms with van der Waals surface area (Å²) in [5.41, 5.74) is 5.67. The van der Waals surface area contributed by atoms with E-state index in [9.17, 15) is 0 Å². The summed E-state index contributed by atoms with van der Waals surface area (Å²) in [6.45, 7) is 5.72. The van der Waals surface area contributed by atoms with Crippen molar-refractivity contribution in [1.82, 2.24) is 0 Å². The summed E-state index contributed by atoms with van der Waals surface area (Å²) >= 11 is 0. The second-order valence-corrected chi connectivity index (χ2v) is 3.14. The van der Waals surface area contributed by atoms with E-state index in [0.29, 0.717) is 12.5 Å². The molecule has 1 aliphatic carbocycles. The van der Waals surface area contributed by atoms with Crippen LogP contribution in [0.4, 0.5) is 0 Å². The summed E-state index contributed by atoms with van der Waals surface area (Å²) in [7, 11) is 0. The molecule has 1 rings (SSSR count). The van der Waals surface area contributed by atoms with Crippen molar-refractivity contribution in [1.29, 1.82) is 0 Å². The van der Waals surface area contributed by atoms with Crippen LogP contribution in [0.1, 0.15) is 26.7 Å². The van der Waals surface area contributed by atoms with Gasteiger partial charge in [-0.1, -0.05) is 6.92 Å². The van der Waals surface area contributed by atoms with Crippen LogP contribution >= 0.6 is 0 Å². The van der Waals surface area contributed by atoms with Gasteiger partial charge in [-0.05, 0) is 25.7 Å². The van der Waals surface area contributed by atoms with E-state index in [1.807, 2.05) is 6.92 Å². The zero-order valence-corrected chi connectivity index (χ0v) is 6.89. The Morgan fingerprint density at radius 1 is 1.70 bits per heavy atom. The van der Waals surface area contributed by atoms with Crippen molar-refractivity contribution in [3.05, 3.63) is 0 Å². The van der Waals surface area contributed by atoms with Crippen LogP contribution in [0.5, 0.6) is 0 Å². The van der Waals surface area contributed by atoms with Gasteiger partial charge in [-0.3, -0.25) is 0 Å². The molecule has 10 heavy (non-hydrogen) atoms. The van der Waals surface area contributed by atoms with Crippen LogP contribution in [-0.4, -0.2) is 18.8 Å². The van der Waals surface area contributed by atoms with Gasteiger partial charge in [-0.25, -0.2) is 0 Å². The molecule has 0 bridgehead atoms. The van der Waals surface area contributed by atoms with E-state index in [1.165, 1.54) is 6.42 Å². The average molecular weight is 143 g/mol. The highest BCUT2D eigenvalue weighted by Crippen LogP contribution is 2.40. The molecule has 2 unspecified atom stereocenters. The number of hydrogen-bond donors (Lipinski definition) is 1. The van der Waals surface area contributed by atoms with Crippen LogP contribution in [0, 0.1) is 5.92 Å². The zero-order valence-electron chi connectivity index (χ0n) is 6.89. The second kappa shape index (κ2) is 2.89. The molecule has 2 atom stereocenters. The Morgan fingerprint density at radius 3 is 2.50 bits per heavy atom. The second-order valence-electron chi connectivity index (χ2n) is 3.14. The number of rotatable bonds is 3. The van der Waals surface area contributed by atoms with Gasteiger partial charge in [-0.15, -0.1) is 0 Å². The predicted molar refractivity (Wildman–Crippen MR) is 41.8 cm³/mol. The number of nitrogens with two attached hydrogens (primary N) is 1. The predicted octanol–water partition coefficient (Wildman–Crippen LogP) is 1.15. The van der Waals surface area contributed by atoms with Crippen LogP contribution in [0.2, 0.25) is 0 Å². The molecule has 2 heteroatoms. The van der Waals surface area contributed by atoms with Crippen LogP contribution < -0.4 is 5.73 Å². The van der Waals surface area contributed by atoms with Gasteiger partial charge in [0.15, 0.2) is 0 Å². The molecule has 2 N–H and O–H groups in total. The summed E-state index contributed by atoms with van der Waals surface area (Å²) < 4.78 is 5.60. The fourth-order valence-corrected chi connectivity index (χ4v) is 1.62. The van der Waals surface area contributed by atoms with Crippen molar-refractivity contribution >= 4 is 0 Å². The van der Waals surface area contributed by atoms with Crippen LogP contribution in [0.15, 0.2) is 0 Å². The molecular formula is C8H17NO. The molecule has 0 aromatic rings. The summed E-state index contributed by atoms with van der Waals surface area (Å²) in [6.07, 6.45) is 2.43. The molecule has 60 valence electrons. The van der Waals surface area contributed by atoms with Gasteiger partial charge in [0.1, 0.15) is 0 Å². The Hall–Kier alpha value is -0.0800. The van der Waals surface area contributed by atoms with Gasteiger partial charge in [0.25, 0.3) is 0 Å². The number of hydrogen-bond acceptors (Lipinski definition) is 2. The van der Waals surface area contributed by atoms with Crippen LogP contribution in [0.3, 0.4) is 0 Å². The third kappa shape index (κ3) is 1.06. The molecule has 1 saturated carbocycles. The standard InChI is InChI=1S/C8H17NO/c1-3-10-8(6-9)5-4-7(8)2/h7H,3-6,9H2,1-2H3. The zero-order chi connectivity index (χ0) is 7.61. The monoisotopic (exact) mass is 143 g/mol. The molecule has 0 aromatic carbocycles. The molecular weight excluding hydrogens is 126 g/mol. The smallest absolute Gasteiger partial charge is 0.0829 e. The SMILES string of the molecule is CCOC1(CN)CCC1C. The molecule has 2 nitrogen and oxygen atoms in total. The van der Waals surface area contributed by atoms with Gasteiger partial charge in [0.05, 0.1) is 5.60 Å². The fourth-order valence-electron chi connectivity index (χ4n) is 1.62. The minimum atomic E-state index is 0.0503. The molecule has 0 aromatic heterocycles. The van der Waals surface area contributed by atoms with Crippen molar-refractivity contribution in [2.45, 2.75) is 32.3 Å². The van der Waals surface area contributed by atoms with Crippen LogP contribution in [-0.2, 0) is 4.74 Å². The summed E-state index contributed by atoms with van der Waals surface area (Å²) in [5, 5.41) is 0. The Balaban J connectivity index is 2.43. The molecule has 1 fully saturated rings. The van der Waals surface area contributed by atoms with Crippen molar-refractivity contribution in [3.8, 4) is 0 Å². The van der Waals surface area contributed by atoms with E-state index < -0.39 is 0 Å². The van der Waals surface area contributed by atoms with Gasteiger partial charge < -0.3 is 10.5 Å². The highest BCUT2D eigenvalue weighted by atomic mass is 16.5. The minimum absolute atomic E-state index is 0.0503. The van der Waals surface area contributed by atoms with Gasteiger partial charge in [0.2, 0.25) is 0 Å². The first-order valence-electron chi connectivity index (χ1n) is 4.09. The lowest BCUT2D eigenvalue weighted by atomic mass is 9.70. The Bertz CT molecular complexity index is 112. The van der Waals surface area contributed by atoms with Crippen molar-refractivity contribution < 1.29 is 4.74 Å². The van der Waals surface area contributed by atoms with Crippen molar-refractivity contribution in [3.63, 3.8) is 0 Å². The largest absolute Gasteiger partial charge is 0.374 e. The van der Waals surface area contributed by atoms with Gasteiger partial charge in [0, 0.05) is 13.2 Å². The van der Waals surface area contributed by atoms with E-state index in [4.69, 9.17) is 10.5 Å². The average Bonchev–Trinajstić information content (AvgIpc) is 1.97. The van der Waals surface area contributed by atoms with E-state index in [1.54, 1.807) is 0 Å². The fraction of sp³-hybridized carbons (Fsp3) is 1.00. The lowest BCUT2D eigenvalue weighted by molar-refractivity contribution is -0.129. The molecule has 0 aliphatic heterocycles. The molecule has 0 saturated heterocycles. The Morgan fingerprint density at radius 2 is 2.40 bits per heavy atom. The summed E-state index contributed by atoms with van der Waals surface area (Å²) in [6, 6.07) is 0. The molecule has 0 amide bonds. The maximum Gasteiger partial charge on any atom is 0.0829 e. The van der Waals surface area contributed by atoms with E-state index in [0.717, 1.165) is 13.0 Å². The third-order valence-electron chi connectivity index (χ3n) is 2.68. The lowest BCUT2D eigenvalue weighted by Gasteiger charge is -2.46. The third-order valence-corrected chi connectivity index (χ3v) is 2.68. The first-order chi connectivity index (χ1) is 4.75. The molecule has 0 radical (unpaired) electrons. The maximum absolute atomic E-state index is 5.62. The van der Waals surface area contributed by atoms with E-state index in [2.05, 4.69) is 6.92 Å². The lowest BCUT2D eigenvalue weighted by Crippen LogP contribution is -2.53. The Labute approximate surface area is 62.7 Å². The van der Waals surface area contributed by atoms with Crippen molar-refractivity contribution in [2.24, 2.45) is 11.7 Å². The van der Waals surface area contributed by atoms with Crippen LogP contribution in [0.25, 0.3) is 0 Å². The molecule has 1 aliphatic rings.